The molecule has 0 atom stereocenters. The number of alkyl halides is 2. The summed E-state index contributed by atoms with van der Waals surface area (Å²) in [5.74, 6) is -0.837. The molecule has 0 amide bonds. The van der Waals surface area contributed by atoms with Gasteiger partial charge in [-0.15, -0.1) is 0 Å². The predicted molar refractivity (Wildman–Crippen MR) is 59.3 cm³/mol. The van der Waals surface area contributed by atoms with E-state index in [2.05, 4.69) is 4.74 Å². The van der Waals surface area contributed by atoms with E-state index in [4.69, 9.17) is 0 Å². The van der Waals surface area contributed by atoms with Crippen molar-refractivity contribution in [2.75, 3.05) is 0 Å². The van der Waals surface area contributed by atoms with Gasteiger partial charge in [-0.25, -0.2) is 0 Å². The van der Waals surface area contributed by atoms with Gasteiger partial charge in [-0.3, -0.25) is 0 Å². The van der Waals surface area contributed by atoms with Crippen molar-refractivity contribution >= 4 is 23.2 Å². The molecule has 0 fully saturated rings. The molecule has 0 N–H and O–H groups in total. The van der Waals surface area contributed by atoms with Gasteiger partial charge in [-0.05, 0) is 16.8 Å². The molecule has 96 valence electrons. The van der Waals surface area contributed by atoms with Gasteiger partial charge in [0.25, 0.3) is 0 Å². The number of hydrogen-bond donors (Lipinski definition) is 0. The summed E-state index contributed by atoms with van der Waals surface area (Å²) in [4.78, 5) is 0. The van der Waals surface area contributed by atoms with Crippen molar-refractivity contribution in [3.8, 4) is 5.75 Å². The molecule has 0 aromatic heterocycles. The summed E-state index contributed by atoms with van der Waals surface area (Å²) >= 11 is 0. The molecule has 0 aliphatic rings. The SMILES string of the molecule is FC(F)Oc1ccc2ccccc2c1[B-](F)(F)F. The van der Waals surface area contributed by atoms with Gasteiger partial charge in [-0.1, -0.05) is 35.8 Å². The van der Waals surface area contributed by atoms with Crippen LogP contribution in [0.3, 0.4) is 0 Å². The van der Waals surface area contributed by atoms with Crippen molar-refractivity contribution in [3.63, 3.8) is 0 Å². The van der Waals surface area contributed by atoms with Crippen LogP contribution in [0.2, 0.25) is 0 Å². The Morgan fingerprint density at radius 2 is 1.61 bits per heavy atom. The van der Waals surface area contributed by atoms with Crippen molar-refractivity contribution in [2.45, 2.75) is 6.61 Å². The topological polar surface area (TPSA) is 9.23 Å². The van der Waals surface area contributed by atoms with Crippen molar-refractivity contribution in [1.82, 2.24) is 0 Å². The van der Waals surface area contributed by atoms with Gasteiger partial charge >= 0.3 is 13.6 Å². The van der Waals surface area contributed by atoms with Crippen molar-refractivity contribution in [2.24, 2.45) is 0 Å². The van der Waals surface area contributed by atoms with Gasteiger partial charge in [0.05, 0.1) is 5.75 Å². The Morgan fingerprint density at radius 3 is 2.22 bits per heavy atom. The standard InChI is InChI=1S/C11H7BF5O/c13-11(14)18-9-6-5-7-3-1-2-4-8(7)10(9)12(15,16)17/h1-6,11H/q-1. The molecule has 0 radical (unpaired) electrons. The fraction of sp³-hybridized carbons (Fsp3) is 0.0909. The van der Waals surface area contributed by atoms with E-state index in [1.54, 1.807) is 6.07 Å². The van der Waals surface area contributed by atoms with E-state index in [1.807, 2.05) is 0 Å². The van der Waals surface area contributed by atoms with Crippen LogP contribution in [0.4, 0.5) is 21.7 Å². The summed E-state index contributed by atoms with van der Waals surface area (Å²) < 4.78 is 67.1. The van der Waals surface area contributed by atoms with Crippen molar-refractivity contribution < 1.29 is 26.5 Å². The maximum absolute atomic E-state index is 13.0. The molecule has 2 aromatic rings. The second kappa shape index (κ2) is 4.47. The zero-order chi connectivity index (χ0) is 13.3. The lowest BCUT2D eigenvalue weighted by Gasteiger charge is -2.21. The van der Waals surface area contributed by atoms with Gasteiger partial charge in [0.2, 0.25) is 0 Å². The Bertz CT molecular complexity index is 567. The molecule has 0 saturated carbocycles. The lowest BCUT2D eigenvalue weighted by Crippen LogP contribution is -2.36. The first-order chi connectivity index (χ1) is 8.39. The summed E-state index contributed by atoms with van der Waals surface area (Å²) in [7, 11) is 0. The monoisotopic (exact) mass is 261 g/mol. The van der Waals surface area contributed by atoms with E-state index in [1.165, 1.54) is 24.3 Å². The Morgan fingerprint density at radius 1 is 0.944 bits per heavy atom. The Labute approximate surface area is 99.2 Å². The highest BCUT2D eigenvalue weighted by molar-refractivity contribution is 6.76. The molecule has 18 heavy (non-hydrogen) atoms. The lowest BCUT2D eigenvalue weighted by molar-refractivity contribution is -0.0491. The second-order valence-electron chi connectivity index (χ2n) is 3.65. The van der Waals surface area contributed by atoms with Crippen LogP contribution in [0.25, 0.3) is 10.8 Å². The minimum Gasteiger partial charge on any atom is -0.445 e. The summed E-state index contributed by atoms with van der Waals surface area (Å²) in [6.45, 7) is -8.73. The normalized spacial score (nSPS) is 12.1. The van der Waals surface area contributed by atoms with Gasteiger partial charge in [0.1, 0.15) is 0 Å². The van der Waals surface area contributed by atoms with Crippen molar-refractivity contribution in [3.05, 3.63) is 36.4 Å². The van der Waals surface area contributed by atoms with Crippen LogP contribution >= 0.6 is 0 Å². The van der Waals surface area contributed by atoms with Gasteiger partial charge < -0.3 is 17.7 Å². The maximum Gasteiger partial charge on any atom is 0.513 e. The first-order valence-electron chi connectivity index (χ1n) is 5.06. The van der Waals surface area contributed by atoms with Gasteiger partial charge in [-0.2, -0.15) is 8.78 Å². The molecule has 2 rings (SSSR count). The predicted octanol–water partition coefficient (Wildman–Crippen LogP) is 3.50. The van der Waals surface area contributed by atoms with Crippen LogP contribution in [0.5, 0.6) is 5.75 Å². The van der Waals surface area contributed by atoms with E-state index in [9.17, 15) is 21.7 Å². The molecular weight excluding hydrogens is 254 g/mol. The van der Waals surface area contributed by atoms with Crippen LogP contribution in [0.15, 0.2) is 36.4 Å². The van der Waals surface area contributed by atoms with Gasteiger partial charge in [0, 0.05) is 0 Å². The van der Waals surface area contributed by atoms with Crippen LogP contribution in [0.1, 0.15) is 0 Å². The number of fused-ring (bicyclic) bond motifs is 1. The van der Waals surface area contributed by atoms with E-state index >= 15 is 0 Å². The van der Waals surface area contributed by atoms with Crippen LogP contribution in [-0.4, -0.2) is 13.6 Å². The number of ether oxygens (including phenoxy) is 1. The Hall–Kier alpha value is -1.79. The molecule has 0 saturated heterocycles. The average Bonchev–Trinajstić information content (AvgIpc) is 2.26. The van der Waals surface area contributed by atoms with Crippen LogP contribution < -0.4 is 10.2 Å². The second-order valence-corrected chi connectivity index (χ2v) is 3.65. The highest BCUT2D eigenvalue weighted by Gasteiger charge is 2.32. The molecule has 0 aliphatic carbocycles. The molecular formula is C11H7BF5O-. The number of rotatable bonds is 3. The van der Waals surface area contributed by atoms with Crippen LogP contribution in [-0.2, 0) is 0 Å². The third kappa shape index (κ3) is 2.39. The average molecular weight is 261 g/mol. The number of hydrogen-bond acceptors (Lipinski definition) is 1. The molecule has 0 spiro atoms. The number of benzene rings is 2. The number of halogens is 5. The summed E-state index contributed by atoms with van der Waals surface area (Å²) in [6.07, 6.45) is 0. The largest absolute Gasteiger partial charge is 0.513 e. The summed E-state index contributed by atoms with van der Waals surface area (Å²) in [5, 5.41) is 0.191. The lowest BCUT2D eigenvalue weighted by atomic mass is 9.76. The van der Waals surface area contributed by atoms with E-state index in [0.717, 1.165) is 6.07 Å². The minimum absolute atomic E-state index is 0.136. The third-order valence-corrected chi connectivity index (χ3v) is 2.47. The fourth-order valence-corrected chi connectivity index (χ4v) is 1.81. The zero-order valence-electron chi connectivity index (χ0n) is 8.92. The van der Waals surface area contributed by atoms with E-state index in [-0.39, 0.29) is 5.39 Å². The molecule has 2 aromatic carbocycles. The van der Waals surface area contributed by atoms with Crippen molar-refractivity contribution in [1.29, 1.82) is 0 Å². The highest BCUT2D eigenvalue weighted by atomic mass is 19.4. The first kappa shape index (κ1) is 12.7. The van der Waals surface area contributed by atoms with E-state index < -0.39 is 24.8 Å². The summed E-state index contributed by atoms with van der Waals surface area (Å²) in [5.41, 5.74) is -1.12. The van der Waals surface area contributed by atoms with Crippen LogP contribution in [0, 0.1) is 0 Å². The maximum atomic E-state index is 13.0. The minimum atomic E-state index is -5.44. The molecule has 7 heteroatoms. The third-order valence-electron chi connectivity index (χ3n) is 2.47. The molecule has 0 heterocycles. The first-order valence-corrected chi connectivity index (χ1v) is 5.06. The van der Waals surface area contributed by atoms with Gasteiger partial charge in [0.15, 0.2) is 0 Å². The van der Waals surface area contributed by atoms with E-state index in [0.29, 0.717) is 5.39 Å². The molecule has 0 aliphatic heterocycles. The Balaban J connectivity index is 2.71. The molecule has 0 unspecified atom stereocenters. The quantitative estimate of drug-likeness (QED) is 0.607. The molecule has 1 nitrogen and oxygen atoms in total. The highest BCUT2D eigenvalue weighted by Crippen LogP contribution is 2.26. The smallest absolute Gasteiger partial charge is 0.445 e. The zero-order valence-corrected chi connectivity index (χ0v) is 8.92. The molecule has 0 bridgehead atoms. The Kier molecular flexibility index (Phi) is 3.15. The fourth-order valence-electron chi connectivity index (χ4n) is 1.81. The summed E-state index contributed by atoms with van der Waals surface area (Å²) in [6, 6.07) is 7.94.